The molecule has 12 heteroatoms. The number of barbiturate groups is 1. The Bertz CT molecular complexity index is 1500. The number of nitrogens with one attached hydrogen (secondary N) is 1. The molecular weight excluding hydrogens is 510 g/mol. The Labute approximate surface area is 221 Å². The summed E-state index contributed by atoms with van der Waals surface area (Å²) in [5, 5.41) is 22.0. The van der Waals surface area contributed by atoms with Crippen LogP contribution in [0.15, 0.2) is 72.3 Å². The van der Waals surface area contributed by atoms with Gasteiger partial charge in [-0.1, -0.05) is 18.2 Å². The number of anilines is 1. The number of rotatable bonds is 9. The summed E-state index contributed by atoms with van der Waals surface area (Å²) in [4.78, 5) is 60.1. The fourth-order valence-corrected chi connectivity index (χ4v) is 3.69. The summed E-state index contributed by atoms with van der Waals surface area (Å²) in [5.41, 5.74) is 0.793. The first-order chi connectivity index (χ1) is 18.7. The average molecular weight is 531 g/mol. The van der Waals surface area contributed by atoms with Gasteiger partial charge in [0, 0.05) is 12.1 Å². The number of nitrogens with zero attached hydrogens (tertiary/aromatic N) is 2. The van der Waals surface area contributed by atoms with E-state index in [0.29, 0.717) is 28.6 Å². The number of ether oxygens (including phenoxy) is 2. The summed E-state index contributed by atoms with van der Waals surface area (Å²) in [5.74, 6) is -2.12. The highest BCUT2D eigenvalue weighted by Gasteiger charge is 2.37. The van der Waals surface area contributed by atoms with Crippen LogP contribution in [0.25, 0.3) is 6.08 Å². The van der Waals surface area contributed by atoms with E-state index in [2.05, 4.69) is 5.32 Å². The lowest BCUT2D eigenvalue weighted by Crippen LogP contribution is -2.54. The topological polar surface area (TPSA) is 165 Å². The third kappa shape index (κ3) is 5.91. The molecule has 0 saturated carbocycles. The van der Waals surface area contributed by atoms with Crippen LogP contribution in [0.2, 0.25) is 0 Å². The van der Waals surface area contributed by atoms with E-state index in [1.165, 1.54) is 30.3 Å². The van der Waals surface area contributed by atoms with Gasteiger partial charge in [0.1, 0.15) is 12.2 Å². The molecule has 0 aromatic heterocycles. The molecule has 4 amide bonds. The van der Waals surface area contributed by atoms with Crippen molar-refractivity contribution in [3.8, 4) is 11.5 Å². The van der Waals surface area contributed by atoms with Crippen molar-refractivity contribution in [2.45, 2.75) is 13.5 Å². The number of non-ortho nitro benzene ring substituents is 1. The standard InChI is InChI=1S/C27H21N3O9/c1-2-38-23-14-17(5-12-22(23)39-15-16-3-6-18(7-4-16)26(33)34)13-21-24(31)28-27(35)29(25(21)32)19-8-10-20(11-9-19)30(36)37/h3-14H,2,15H2,1H3,(H,33,34)(H,28,31,35)/b21-13+. The first-order valence-corrected chi connectivity index (χ1v) is 11.6. The van der Waals surface area contributed by atoms with Crippen molar-refractivity contribution >= 4 is 41.3 Å². The van der Waals surface area contributed by atoms with Gasteiger partial charge in [-0.25, -0.2) is 14.5 Å². The fourth-order valence-electron chi connectivity index (χ4n) is 3.69. The quantitative estimate of drug-likeness (QED) is 0.180. The van der Waals surface area contributed by atoms with Gasteiger partial charge in [0.25, 0.3) is 17.5 Å². The van der Waals surface area contributed by atoms with Gasteiger partial charge in [-0.3, -0.25) is 25.0 Å². The number of imide groups is 2. The highest BCUT2D eigenvalue weighted by atomic mass is 16.6. The van der Waals surface area contributed by atoms with Crippen molar-refractivity contribution in [1.82, 2.24) is 5.32 Å². The van der Waals surface area contributed by atoms with Crippen LogP contribution >= 0.6 is 0 Å². The Hall–Kier alpha value is -5.52. The molecular formula is C27H21N3O9. The minimum Gasteiger partial charge on any atom is -0.490 e. The number of carbonyl (C=O) groups is 4. The maximum absolute atomic E-state index is 13.1. The second kappa shape index (κ2) is 11.3. The van der Waals surface area contributed by atoms with Crippen LogP contribution in [-0.4, -0.2) is 40.5 Å². The zero-order chi connectivity index (χ0) is 28.1. The molecule has 39 heavy (non-hydrogen) atoms. The van der Waals surface area contributed by atoms with Crippen molar-refractivity contribution in [3.05, 3.63) is 99.1 Å². The summed E-state index contributed by atoms with van der Waals surface area (Å²) in [6.07, 6.45) is 1.29. The van der Waals surface area contributed by atoms with Crippen molar-refractivity contribution in [1.29, 1.82) is 0 Å². The highest BCUT2D eigenvalue weighted by molar-refractivity contribution is 6.39. The number of nitro groups is 1. The van der Waals surface area contributed by atoms with E-state index in [0.717, 1.165) is 17.7 Å². The number of benzene rings is 3. The minimum atomic E-state index is -1.03. The number of amides is 4. The third-order valence-electron chi connectivity index (χ3n) is 5.59. The van der Waals surface area contributed by atoms with Crippen LogP contribution in [0.5, 0.6) is 11.5 Å². The molecule has 2 N–H and O–H groups in total. The first-order valence-electron chi connectivity index (χ1n) is 11.6. The molecule has 12 nitrogen and oxygen atoms in total. The van der Waals surface area contributed by atoms with Crippen molar-refractivity contribution in [2.24, 2.45) is 0 Å². The fraction of sp³-hybridized carbons (Fsp3) is 0.111. The number of nitro benzene ring substituents is 1. The van der Waals surface area contributed by atoms with Gasteiger partial charge in [0.15, 0.2) is 11.5 Å². The molecule has 0 bridgehead atoms. The van der Waals surface area contributed by atoms with Gasteiger partial charge in [0.2, 0.25) is 0 Å². The van der Waals surface area contributed by atoms with Gasteiger partial charge < -0.3 is 14.6 Å². The Morgan fingerprint density at radius 2 is 1.69 bits per heavy atom. The first kappa shape index (κ1) is 26.5. The lowest BCUT2D eigenvalue weighted by Gasteiger charge is -2.26. The Morgan fingerprint density at radius 1 is 1.00 bits per heavy atom. The molecule has 1 saturated heterocycles. The molecule has 0 unspecified atom stereocenters. The van der Waals surface area contributed by atoms with Gasteiger partial charge in [0.05, 0.1) is 22.8 Å². The number of carbonyl (C=O) groups excluding carboxylic acids is 3. The molecule has 0 spiro atoms. The van der Waals surface area contributed by atoms with Gasteiger partial charge >= 0.3 is 12.0 Å². The zero-order valence-corrected chi connectivity index (χ0v) is 20.5. The SMILES string of the molecule is CCOc1cc(/C=C2\C(=O)NC(=O)N(c3ccc([N+](=O)[O-])cc3)C2=O)ccc1OCc1ccc(C(=O)O)cc1. The van der Waals surface area contributed by atoms with E-state index >= 15 is 0 Å². The van der Waals surface area contributed by atoms with Gasteiger partial charge in [-0.15, -0.1) is 0 Å². The van der Waals surface area contributed by atoms with E-state index in [9.17, 15) is 29.3 Å². The third-order valence-corrected chi connectivity index (χ3v) is 5.59. The largest absolute Gasteiger partial charge is 0.490 e. The summed E-state index contributed by atoms with van der Waals surface area (Å²) in [6.45, 7) is 2.20. The lowest BCUT2D eigenvalue weighted by atomic mass is 10.1. The average Bonchev–Trinajstić information content (AvgIpc) is 2.91. The van der Waals surface area contributed by atoms with Crippen LogP contribution in [0, 0.1) is 10.1 Å². The molecule has 4 rings (SSSR count). The monoisotopic (exact) mass is 531 g/mol. The maximum atomic E-state index is 13.1. The summed E-state index contributed by atoms with van der Waals surface area (Å²) < 4.78 is 11.5. The minimum absolute atomic E-state index is 0.0524. The van der Waals surface area contributed by atoms with Gasteiger partial charge in [-0.05, 0) is 60.5 Å². The summed E-state index contributed by atoms with van der Waals surface area (Å²) in [6, 6.07) is 14.7. The molecule has 1 fully saturated rings. The van der Waals surface area contributed by atoms with Crippen molar-refractivity contribution in [2.75, 3.05) is 11.5 Å². The van der Waals surface area contributed by atoms with E-state index in [-0.39, 0.29) is 29.1 Å². The smallest absolute Gasteiger partial charge is 0.335 e. The molecule has 1 aliphatic rings. The predicted molar refractivity (Wildman–Crippen MR) is 137 cm³/mol. The number of carboxylic acids is 1. The number of aromatic carboxylic acids is 1. The predicted octanol–water partition coefficient (Wildman–Crippen LogP) is 3.94. The highest BCUT2D eigenvalue weighted by Crippen LogP contribution is 2.31. The Kier molecular flexibility index (Phi) is 7.66. The van der Waals surface area contributed by atoms with Crippen molar-refractivity contribution < 1.29 is 38.7 Å². The summed E-state index contributed by atoms with van der Waals surface area (Å²) >= 11 is 0. The molecule has 3 aromatic rings. The Morgan fingerprint density at radius 3 is 2.31 bits per heavy atom. The molecule has 0 radical (unpaired) electrons. The number of hydrogen-bond donors (Lipinski definition) is 2. The normalized spacial score (nSPS) is 14.2. The molecule has 1 heterocycles. The molecule has 0 aliphatic carbocycles. The van der Waals surface area contributed by atoms with E-state index < -0.39 is 28.7 Å². The second-order valence-electron chi connectivity index (χ2n) is 8.16. The molecule has 1 aliphatic heterocycles. The second-order valence-corrected chi connectivity index (χ2v) is 8.16. The summed E-state index contributed by atoms with van der Waals surface area (Å²) in [7, 11) is 0. The number of hydrogen-bond acceptors (Lipinski definition) is 8. The van der Waals surface area contributed by atoms with E-state index in [1.807, 2.05) is 0 Å². The van der Waals surface area contributed by atoms with Crippen LogP contribution in [0.3, 0.4) is 0 Å². The molecule has 198 valence electrons. The van der Waals surface area contributed by atoms with Crippen LogP contribution in [0.4, 0.5) is 16.2 Å². The van der Waals surface area contributed by atoms with Crippen LogP contribution < -0.4 is 19.7 Å². The Balaban J connectivity index is 1.57. The van der Waals surface area contributed by atoms with Crippen LogP contribution in [-0.2, 0) is 16.2 Å². The van der Waals surface area contributed by atoms with Crippen molar-refractivity contribution in [3.63, 3.8) is 0 Å². The molecule has 3 aromatic carbocycles. The van der Waals surface area contributed by atoms with E-state index in [1.54, 1.807) is 37.3 Å². The zero-order valence-electron chi connectivity index (χ0n) is 20.5. The van der Waals surface area contributed by atoms with Crippen LogP contribution in [0.1, 0.15) is 28.4 Å². The van der Waals surface area contributed by atoms with Gasteiger partial charge in [-0.2, -0.15) is 0 Å². The maximum Gasteiger partial charge on any atom is 0.335 e. The number of urea groups is 1. The van der Waals surface area contributed by atoms with E-state index in [4.69, 9.17) is 14.6 Å². The lowest BCUT2D eigenvalue weighted by molar-refractivity contribution is -0.384. The molecule has 0 atom stereocenters. The number of carboxylic acid groups (broad SMARTS) is 1.